The Morgan fingerprint density at radius 3 is 1.98 bits per heavy atom. The molecule has 7 amide bonds. The first-order valence-corrected chi connectivity index (χ1v) is 19.6. The van der Waals surface area contributed by atoms with E-state index >= 15 is 0 Å². The predicted molar refractivity (Wildman–Crippen MR) is 212 cm³/mol. The predicted octanol–water partition coefficient (Wildman–Crippen LogP) is -1.09. The number of primary amides is 1. The Balaban J connectivity index is 1.96. The topological polar surface area (TPSA) is 308 Å². The summed E-state index contributed by atoms with van der Waals surface area (Å²) >= 11 is 0. The lowest BCUT2D eigenvalue weighted by Crippen LogP contribution is -2.61. The SMILES string of the molecule is CC(C)C[C@H](NC(=O)[C@@H](NC(=O)CN)[C@@H](C)O)C(=O)N[C@@H](Cc1c[nH]c2ccccc12)C(=O)N[C@@H](CCC(N)=O)C(=O)N[C@@H](CC(C)C)C(=O)N1CCC[C@H]1C(=O)O. The summed E-state index contributed by atoms with van der Waals surface area (Å²) in [5.74, 6) is -6.81. The zero-order valence-corrected chi connectivity index (χ0v) is 33.7. The van der Waals surface area contributed by atoms with Gasteiger partial charge in [-0.15, -0.1) is 0 Å². The van der Waals surface area contributed by atoms with Crippen LogP contribution in [0.2, 0.25) is 0 Å². The van der Waals surface area contributed by atoms with Gasteiger partial charge in [0.25, 0.3) is 0 Å². The Morgan fingerprint density at radius 2 is 1.38 bits per heavy atom. The summed E-state index contributed by atoms with van der Waals surface area (Å²) in [4.78, 5) is 109. The lowest BCUT2D eigenvalue weighted by atomic mass is 9.99. The molecule has 320 valence electrons. The number of rotatable bonds is 22. The smallest absolute Gasteiger partial charge is 0.326 e. The van der Waals surface area contributed by atoms with Gasteiger partial charge < -0.3 is 58.1 Å². The van der Waals surface area contributed by atoms with Gasteiger partial charge in [-0.2, -0.15) is 0 Å². The number of carboxylic acid groups (broad SMARTS) is 1. The number of aliphatic hydroxyl groups is 1. The Kier molecular flexibility index (Phi) is 17.6. The molecule has 0 spiro atoms. The molecule has 1 aliphatic rings. The number of aromatic nitrogens is 1. The second kappa shape index (κ2) is 21.8. The van der Waals surface area contributed by atoms with Crippen LogP contribution in [0.4, 0.5) is 0 Å². The Morgan fingerprint density at radius 1 is 0.810 bits per heavy atom. The number of carbonyl (C=O) groups is 8. The molecule has 1 aliphatic heterocycles. The lowest BCUT2D eigenvalue weighted by molar-refractivity contribution is -0.149. The number of H-pyrrole nitrogens is 1. The van der Waals surface area contributed by atoms with Crippen LogP contribution in [0.15, 0.2) is 30.5 Å². The molecule has 2 heterocycles. The monoisotopic (exact) mass is 813 g/mol. The van der Waals surface area contributed by atoms with E-state index in [9.17, 15) is 48.6 Å². The molecule has 2 aromatic rings. The Hall–Kier alpha value is -5.56. The third kappa shape index (κ3) is 13.5. The normalized spacial score (nSPS) is 17.1. The highest BCUT2D eigenvalue weighted by Crippen LogP contribution is 2.22. The maximum Gasteiger partial charge on any atom is 0.326 e. The van der Waals surface area contributed by atoms with E-state index in [1.807, 2.05) is 32.0 Å². The van der Waals surface area contributed by atoms with Crippen LogP contribution in [0.3, 0.4) is 0 Å². The number of nitrogens with one attached hydrogen (secondary N) is 6. The highest BCUT2D eigenvalue weighted by molar-refractivity contribution is 5.97. The van der Waals surface area contributed by atoms with Gasteiger partial charge in [-0.25, -0.2) is 4.79 Å². The Bertz CT molecular complexity index is 1800. The number of fused-ring (bicyclic) bond motifs is 1. The molecule has 0 unspecified atom stereocenters. The van der Waals surface area contributed by atoms with E-state index < -0.39 is 96.2 Å². The third-order valence-corrected chi connectivity index (χ3v) is 9.79. The number of para-hydroxylation sites is 1. The van der Waals surface area contributed by atoms with E-state index in [4.69, 9.17) is 11.5 Å². The van der Waals surface area contributed by atoms with Crippen LogP contribution in [0.1, 0.15) is 78.7 Å². The molecule has 58 heavy (non-hydrogen) atoms. The van der Waals surface area contributed by atoms with Crippen molar-refractivity contribution in [1.82, 2.24) is 36.5 Å². The molecule has 7 atom stereocenters. The van der Waals surface area contributed by atoms with Crippen LogP contribution in [-0.2, 0) is 44.8 Å². The van der Waals surface area contributed by atoms with Crippen LogP contribution in [0.5, 0.6) is 0 Å². The second-order valence-electron chi connectivity index (χ2n) is 15.6. The number of carboxylic acids is 1. The first kappa shape index (κ1) is 46.8. The standard InChI is InChI=1S/C39H59N9O10/c1-20(2)15-27(45-37(55)33(22(5)49)47-32(51)18-40)35(53)44-28(17-23-19-42-25-10-7-6-9-24(23)25)36(54)43-26(12-13-31(41)50)34(52)46-29(16-21(3)4)38(56)48-14-8-11-30(48)39(57)58/h6-7,9-10,19-22,26-30,33,42,49H,8,11-18,40H2,1-5H3,(H2,41,50)(H,43,54)(H,44,53)(H,45,55)(H,46,52)(H,47,51)(H,57,58)/t22-,26+,27+,28+,29+,30+,33+/m1/s1. The summed E-state index contributed by atoms with van der Waals surface area (Å²) in [5.41, 5.74) is 12.2. The molecule has 0 bridgehead atoms. The van der Waals surface area contributed by atoms with Gasteiger partial charge in [0.2, 0.25) is 41.4 Å². The van der Waals surface area contributed by atoms with Crippen molar-refractivity contribution in [3.8, 4) is 0 Å². The molecular weight excluding hydrogens is 754 g/mol. The first-order valence-electron chi connectivity index (χ1n) is 19.6. The van der Waals surface area contributed by atoms with E-state index in [1.54, 1.807) is 26.1 Å². The first-order chi connectivity index (χ1) is 27.3. The summed E-state index contributed by atoms with van der Waals surface area (Å²) in [6, 6.07) is -0.452. The van der Waals surface area contributed by atoms with Crippen molar-refractivity contribution in [3.05, 3.63) is 36.0 Å². The number of hydrogen-bond donors (Lipinski definition) is 10. The molecule has 0 saturated carbocycles. The second-order valence-corrected chi connectivity index (χ2v) is 15.6. The van der Waals surface area contributed by atoms with Crippen molar-refractivity contribution < 1.29 is 48.6 Å². The molecule has 1 saturated heterocycles. The minimum atomic E-state index is -1.44. The molecule has 12 N–H and O–H groups in total. The van der Waals surface area contributed by atoms with Gasteiger partial charge in [0.05, 0.1) is 12.6 Å². The van der Waals surface area contributed by atoms with Crippen molar-refractivity contribution in [3.63, 3.8) is 0 Å². The van der Waals surface area contributed by atoms with E-state index in [-0.39, 0.29) is 56.9 Å². The molecule has 1 aromatic heterocycles. The van der Waals surface area contributed by atoms with Crippen molar-refractivity contribution in [1.29, 1.82) is 0 Å². The molecule has 1 aromatic carbocycles. The van der Waals surface area contributed by atoms with Crippen molar-refractivity contribution in [2.75, 3.05) is 13.1 Å². The van der Waals surface area contributed by atoms with E-state index in [0.717, 1.165) is 10.9 Å². The fourth-order valence-corrected chi connectivity index (χ4v) is 6.88. The molecule has 19 heteroatoms. The maximum absolute atomic E-state index is 14.3. The number of nitrogens with zero attached hydrogens (tertiary/aromatic N) is 1. The number of aromatic amines is 1. The zero-order chi connectivity index (χ0) is 43.3. The fourth-order valence-electron chi connectivity index (χ4n) is 6.88. The average molecular weight is 814 g/mol. The average Bonchev–Trinajstić information content (AvgIpc) is 3.81. The number of likely N-dealkylation sites (tertiary alicyclic amines) is 1. The van der Waals surface area contributed by atoms with E-state index in [1.165, 1.54) is 11.8 Å². The minimum absolute atomic E-state index is 0.0883. The number of carbonyl (C=O) groups excluding carboxylic acids is 7. The van der Waals surface area contributed by atoms with Crippen LogP contribution in [0.25, 0.3) is 10.9 Å². The highest BCUT2D eigenvalue weighted by atomic mass is 16.4. The van der Waals surface area contributed by atoms with Gasteiger partial charge in [-0.1, -0.05) is 45.9 Å². The summed E-state index contributed by atoms with van der Waals surface area (Å²) in [6.07, 6.45) is 0.580. The zero-order valence-electron chi connectivity index (χ0n) is 33.7. The largest absolute Gasteiger partial charge is 0.480 e. The van der Waals surface area contributed by atoms with Gasteiger partial charge in [0.15, 0.2) is 0 Å². The van der Waals surface area contributed by atoms with E-state index in [0.29, 0.717) is 12.0 Å². The number of amides is 7. The summed E-state index contributed by atoms with van der Waals surface area (Å²) in [6.45, 7) is 8.28. The quantitative estimate of drug-likeness (QED) is 0.0681. The number of aliphatic carboxylic acids is 1. The molecule has 0 aliphatic carbocycles. The van der Waals surface area contributed by atoms with Gasteiger partial charge in [-0.05, 0) is 62.5 Å². The van der Waals surface area contributed by atoms with Crippen LogP contribution in [-0.4, -0.2) is 123 Å². The number of benzene rings is 1. The molecule has 1 fully saturated rings. The van der Waals surface area contributed by atoms with Crippen molar-refractivity contribution >= 4 is 58.2 Å². The fraction of sp³-hybridized carbons (Fsp3) is 0.590. The molecule has 3 rings (SSSR count). The van der Waals surface area contributed by atoms with Crippen molar-refractivity contribution in [2.24, 2.45) is 23.3 Å². The van der Waals surface area contributed by atoms with Gasteiger partial charge in [0.1, 0.15) is 36.3 Å². The van der Waals surface area contributed by atoms with Crippen LogP contribution >= 0.6 is 0 Å². The Labute approximate surface area is 337 Å². The highest BCUT2D eigenvalue weighted by Gasteiger charge is 2.39. The van der Waals surface area contributed by atoms with Gasteiger partial charge >= 0.3 is 5.97 Å². The third-order valence-electron chi connectivity index (χ3n) is 9.79. The summed E-state index contributed by atoms with van der Waals surface area (Å²) in [5, 5.41) is 33.6. The number of aliphatic hydroxyl groups excluding tert-OH is 1. The molecule has 0 radical (unpaired) electrons. The number of hydrogen-bond acceptors (Lipinski definition) is 10. The summed E-state index contributed by atoms with van der Waals surface area (Å²) in [7, 11) is 0. The van der Waals surface area contributed by atoms with Gasteiger partial charge in [0, 0.05) is 36.5 Å². The van der Waals surface area contributed by atoms with Crippen molar-refractivity contribution in [2.45, 2.75) is 122 Å². The number of nitrogens with two attached hydrogens (primary N) is 2. The minimum Gasteiger partial charge on any atom is -0.480 e. The van der Waals surface area contributed by atoms with Gasteiger partial charge in [-0.3, -0.25) is 33.6 Å². The maximum atomic E-state index is 14.3. The molecular formula is C39H59N9O10. The van der Waals surface area contributed by atoms with E-state index in [2.05, 4.69) is 31.6 Å². The summed E-state index contributed by atoms with van der Waals surface area (Å²) < 4.78 is 0. The molecule has 19 nitrogen and oxygen atoms in total. The van der Waals surface area contributed by atoms with Crippen LogP contribution in [0, 0.1) is 11.8 Å². The lowest BCUT2D eigenvalue weighted by Gasteiger charge is -2.30. The van der Waals surface area contributed by atoms with Crippen LogP contribution < -0.4 is 38.1 Å².